The summed E-state index contributed by atoms with van der Waals surface area (Å²) in [5, 5.41) is 2.28. The van der Waals surface area contributed by atoms with Crippen molar-refractivity contribution in [2.75, 3.05) is 19.5 Å². The summed E-state index contributed by atoms with van der Waals surface area (Å²) in [5.74, 6) is -5.03. The molecule has 3 rings (SSSR count). The van der Waals surface area contributed by atoms with E-state index in [-0.39, 0.29) is 22.9 Å². The average Bonchev–Trinajstić information content (AvgIpc) is 2.82. The van der Waals surface area contributed by atoms with E-state index in [4.69, 9.17) is 19.9 Å². The van der Waals surface area contributed by atoms with E-state index in [1.807, 2.05) is 0 Å². The number of halogens is 6. The minimum Gasteiger partial charge on any atom is -0.493 e. The van der Waals surface area contributed by atoms with Crippen molar-refractivity contribution in [1.29, 1.82) is 0 Å². The van der Waals surface area contributed by atoms with Gasteiger partial charge in [0.2, 0.25) is 0 Å². The van der Waals surface area contributed by atoms with Gasteiger partial charge in [0.1, 0.15) is 17.0 Å². The van der Waals surface area contributed by atoms with E-state index in [0.717, 1.165) is 44.7 Å². The Morgan fingerprint density at radius 2 is 1.63 bits per heavy atom. The molecule has 38 heavy (non-hydrogen) atoms. The number of nitrogens with two attached hydrogens (primary N) is 1. The lowest BCUT2D eigenvalue weighted by atomic mass is 10.1. The van der Waals surface area contributed by atoms with Gasteiger partial charge in [0.15, 0.2) is 28.7 Å². The number of carbonyl (C=O) groups is 2. The Kier molecular flexibility index (Phi) is 7.83. The summed E-state index contributed by atoms with van der Waals surface area (Å²) < 4.78 is 97.6. The van der Waals surface area contributed by atoms with Crippen LogP contribution < -0.4 is 30.0 Å². The smallest absolute Gasteiger partial charge is 0.493 e. The number of alkyl halides is 6. The van der Waals surface area contributed by atoms with Crippen LogP contribution in [0, 0.1) is 0 Å². The molecular weight excluding hydrogens is 530 g/mol. The van der Waals surface area contributed by atoms with Crippen LogP contribution >= 0.6 is 0 Å². The van der Waals surface area contributed by atoms with Crippen molar-refractivity contribution < 1.29 is 54.9 Å². The Morgan fingerprint density at radius 3 is 2.21 bits per heavy atom. The van der Waals surface area contributed by atoms with Gasteiger partial charge < -0.3 is 30.0 Å². The highest BCUT2D eigenvalue weighted by atomic mass is 19.4. The van der Waals surface area contributed by atoms with E-state index in [1.54, 1.807) is 0 Å². The molecule has 16 heteroatoms. The lowest BCUT2D eigenvalue weighted by Gasteiger charge is -2.19. The van der Waals surface area contributed by atoms with Gasteiger partial charge >= 0.3 is 12.5 Å². The van der Waals surface area contributed by atoms with Crippen LogP contribution in [0.2, 0.25) is 0 Å². The maximum absolute atomic E-state index is 13.6. The molecule has 10 nitrogen and oxygen atoms in total. The van der Waals surface area contributed by atoms with Crippen molar-refractivity contribution in [2.24, 2.45) is 5.73 Å². The molecule has 0 fully saturated rings. The fourth-order valence-corrected chi connectivity index (χ4v) is 3.05. The first kappa shape index (κ1) is 27.8. The van der Waals surface area contributed by atoms with Gasteiger partial charge in [-0.05, 0) is 24.3 Å². The molecule has 0 aliphatic carbocycles. The van der Waals surface area contributed by atoms with Gasteiger partial charge in [0, 0.05) is 18.0 Å². The second kappa shape index (κ2) is 10.7. The normalized spacial score (nSPS) is 11.5. The number of carbonyl (C=O) groups excluding carboxylic acids is 2. The van der Waals surface area contributed by atoms with Crippen molar-refractivity contribution in [3.05, 3.63) is 59.7 Å². The molecule has 2 aromatic heterocycles. The van der Waals surface area contributed by atoms with Crippen molar-refractivity contribution in [1.82, 2.24) is 9.97 Å². The lowest BCUT2D eigenvalue weighted by Crippen LogP contribution is -2.20. The molecule has 2 heterocycles. The van der Waals surface area contributed by atoms with Crippen LogP contribution in [0.25, 0.3) is 0 Å². The highest BCUT2D eigenvalue weighted by molar-refractivity contribution is 6.08. The zero-order valence-electron chi connectivity index (χ0n) is 19.2. The Bertz CT molecular complexity index is 1360. The molecule has 0 aliphatic rings. The predicted molar refractivity (Wildman–Crippen MR) is 116 cm³/mol. The second-order valence-electron chi connectivity index (χ2n) is 7.09. The van der Waals surface area contributed by atoms with Gasteiger partial charge in [-0.25, -0.2) is 4.98 Å². The first-order chi connectivity index (χ1) is 17.7. The number of nitrogens with one attached hydrogen (secondary N) is 1. The number of ether oxygens (including phenoxy) is 4. The molecule has 0 spiro atoms. The van der Waals surface area contributed by atoms with E-state index >= 15 is 0 Å². The summed E-state index contributed by atoms with van der Waals surface area (Å²) in [6.07, 6.45) is -8.37. The number of hydrogen-bond donors (Lipinski definition) is 2. The van der Waals surface area contributed by atoms with E-state index in [9.17, 15) is 35.9 Å². The largest absolute Gasteiger partial charge is 0.573 e. The summed E-state index contributed by atoms with van der Waals surface area (Å²) in [6, 6.07) is 4.92. The van der Waals surface area contributed by atoms with Gasteiger partial charge in [-0.2, -0.15) is 13.2 Å². The van der Waals surface area contributed by atoms with Crippen LogP contribution in [0.5, 0.6) is 28.7 Å². The van der Waals surface area contributed by atoms with Crippen LogP contribution in [-0.4, -0.2) is 42.4 Å². The first-order valence-corrected chi connectivity index (χ1v) is 10.1. The third-order valence-corrected chi connectivity index (χ3v) is 4.56. The quantitative estimate of drug-likeness (QED) is 0.393. The molecular formula is C22H16F6N4O6. The molecule has 0 aliphatic heterocycles. The number of primary amides is 1. The average molecular weight is 546 g/mol. The molecule has 0 radical (unpaired) electrons. The lowest BCUT2D eigenvalue weighted by molar-refractivity contribution is -0.274. The highest BCUT2D eigenvalue weighted by Crippen LogP contribution is 2.43. The fraction of sp³-hybridized carbons (Fsp3) is 0.182. The van der Waals surface area contributed by atoms with E-state index in [1.165, 1.54) is 6.07 Å². The fourth-order valence-electron chi connectivity index (χ4n) is 3.05. The maximum atomic E-state index is 13.6. The number of pyridine rings is 2. The van der Waals surface area contributed by atoms with Gasteiger partial charge in [0.05, 0.1) is 20.4 Å². The monoisotopic (exact) mass is 546 g/mol. The molecule has 0 atom stereocenters. The Labute approximate surface area is 209 Å². The third kappa shape index (κ3) is 6.51. The Morgan fingerprint density at radius 1 is 0.921 bits per heavy atom. The number of benzene rings is 1. The topological polar surface area (TPSA) is 135 Å². The summed E-state index contributed by atoms with van der Waals surface area (Å²) in [6.45, 7) is 0. The number of anilines is 1. The van der Waals surface area contributed by atoms with Gasteiger partial charge in [0.25, 0.3) is 11.8 Å². The zero-order valence-corrected chi connectivity index (χ0v) is 19.2. The number of hydrogen-bond acceptors (Lipinski definition) is 8. The van der Waals surface area contributed by atoms with Crippen molar-refractivity contribution in [2.45, 2.75) is 12.5 Å². The Hall–Kier alpha value is -4.76. The van der Waals surface area contributed by atoms with Crippen LogP contribution in [0.3, 0.4) is 0 Å². The summed E-state index contributed by atoms with van der Waals surface area (Å²) in [5.41, 5.74) is 2.48. The minimum atomic E-state index is -5.05. The number of methoxy groups -OCH3 is 2. The molecule has 3 N–H and O–H groups in total. The van der Waals surface area contributed by atoms with Crippen LogP contribution in [0.1, 0.15) is 26.5 Å². The maximum Gasteiger partial charge on any atom is 0.573 e. The van der Waals surface area contributed by atoms with Crippen molar-refractivity contribution in [3.63, 3.8) is 0 Å². The summed E-state index contributed by atoms with van der Waals surface area (Å²) in [4.78, 5) is 31.5. The molecule has 0 saturated heterocycles. The molecule has 3 aromatic rings. The van der Waals surface area contributed by atoms with E-state index in [0.29, 0.717) is 6.20 Å². The van der Waals surface area contributed by atoms with Crippen LogP contribution in [0.15, 0.2) is 42.7 Å². The summed E-state index contributed by atoms with van der Waals surface area (Å²) >= 11 is 0. The zero-order chi connectivity index (χ0) is 28.3. The molecule has 0 bridgehead atoms. The van der Waals surface area contributed by atoms with Gasteiger partial charge in [-0.1, -0.05) is 0 Å². The van der Waals surface area contributed by atoms with Gasteiger partial charge in [-0.3, -0.25) is 14.6 Å². The SMILES string of the molecule is COc1cc(OC(F)(F)F)ccc1Oc1cnc(C(F)(F)F)c(OC)c1C(=O)Nc1ccnc(C(N)=O)c1. The highest BCUT2D eigenvalue weighted by Gasteiger charge is 2.40. The van der Waals surface area contributed by atoms with Crippen molar-refractivity contribution >= 4 is 17.5 Å². The first-order valence-electron chi connectivity index (χ1n) is 10.1. The van der Waals surface area contributed by atoms with Crippen molar-refractivity contribution in [3.8, 4) is 28.7 Å². The summed E-state index contributed by atoms with van der Waals surface area (Å²) in [7, 11) is 1.94. The number of nitrogens with zero attached hydrogens (tertiary/aromatic N) is 2. The standard InChI is InChI=1S/C22H16F6N4O6/c1-35-14-8-11(38-22(26,27)28)3-4-13(14)37-15-9-31-18(21(23,24)25)17(36-2)16(15)20(34)32-10-5-6-30-12(7-10)19(29)33/h3-9H,1-2H3,(H2,29,33)(H,30,32,34). The predicted octanol–water partition coefficient (Wildman–Crippen LogP) is 4.55. The number of amides is 2. The van der Waals surface area contributed by atoms with E-state index in [2.05, 4.69) is 20.0 Å². The third-order valence-electron chi connectivity index (χ3n) is 4.56. The number of rotatable bonds is 8. The van der Waals surface area contributed by atoms with Crippen LogP contribution in [-0.2, 0) is 6.18 Å². The van der Waals surface area contributed by atoms with Crippen LogP contribution in [0.4, 0.5) is 32.0 Å². The van der Waals surface area contributed by atoms with Gasteiger partial charge in [-0.15, -0.1) is 13.2 Å². The molecule has 1 aromatic carbocycles. The molecule has 0 unspecified atom stereocenters. The molecule has 0 saturated carbocycles. The second-order valence-corrected chi connectivity index (χ2v) is 7.09. The molecule has 2 amide bonds. The molecule has 202 valence electrons. The number of aromatic nitrogens is 2. The van der Waals surface area contributed by atoms with E-state index < -0.39 is 52.9 Å². The Balaban J connectivity index is 2.10. The minimum absolute atomic E-state index is 0.0663.